The smallest absolute Gasteiger partial charge is 0.273 e. The van der Waals surface area contributed by atoms with Crippen LogP contribution < -0.4 is 5.11 Å². The fourth-order valence-electron chi connectivity index (χ4n) is 2.01. The molecule has 0 fully saturated rings. The van der Waals surface area contributed by atoms with Crippen LogP contribution in [0.25, 0.3) is 6.08 Å². The summed E-state index contributed by atoms with van der Waals surface area (Å²) in [6.07, 6.45) is 2.44. The minimum atomic E-state index is -0.801. The Hall–Kier alpha value is -3.55. The Kier molecular flexibility index (Phi) is 4.69. The SMILES string of the molecule is Cc1ccc(C(=O)/C=C/c2ccc([O-])c([N+](=O)[O-])c2)cc1[N+](=O)[O-]. The van der Waals surface area contributed by atoms with Gasteiger partial charge in [0.1, 0.15) is 0 Å². The number of hydrogen-bond acceptors (Lipinski definition) is 6. The maximum Gasteiger partial charge on any atom is 0.273 e. The number of ketones is 1. The lowest BCUT2D eigenvalue weighted by atomic mass is 10.1. The average Bonchev–Trinajstić information content (AvgIpc) is 2.53. The molecule has 0 saturated heterocycles. The van der Waals surface area contributed by atoms with E-state index in [0.29, 0.717) is 11.1 Å². The monoisotopic (exact) mass is 327 g/mol. The van der Waals surface area contributed by atoms with Crippen LogP contribution in [-0.4, -0.2) is 15.6 Å². The highest BCUT2D eigenvalue weighted by Crippen LogP contribution is 2.25. The summed E-state index contributed by atoms with van der Waals surface area (Å²) in [5.74, 6) is -1.22. The minimum absolute atomic E-state index is 0.124. The molecule has 0 atom stereocenters. The molecule has 0 N–H and O–H groups in total. The topological polar surface area (TPSA) is 126 Å². The number of rotatable bonds is 5. The summed E-state index contributed by atoms with van der Waals surface area (Å²) in [4.78, 5) is 32.3. The quantitative estimate of drug-likeness (QED) is 0.359. The van der Waals surface area contributed by atoms with Gasteiger partial charge < -0.3 is 5.11 Å². The van der Waals surface area contributed by atoms with Gasteiger partial charge in [-0.25, -0.2) is 0 Å². The van der Waals surface area contributed by atoms with Crippen LogP contribution in [-0.2, 0) is 0 Å². The van der Waals surface area contributed by atoms with Crippen molar-refractivity contribution in [2.45, 2.75) is 6.92 Å². The van der Waals surface area contributed by atoms with Gasteiger partial charge in [-0.05, 0) is 24.3 Å². The van der Waals surface area contributed by atoms with Gasteiger partial charge in [0.15, 0.2) is 5.78 Å². The van der Waals surface area contributed by atoms with E-state index in [9.17, 15) is 30.1 Å². The summed E-state index contributed by atoms with van der Waals surface area (Å²) in [5, 5.41) is 32.9. The number of nitro groups is 2. The van der Waals surface area contributed by atoms with E-state index in [1.54, 1.807) is 6.92 Å². The molecule has 0 heterocycles. The molecule has 0 aliphatic heterocycles. The number of benzene rings is 2. The molecular weight excluding hydrogens is 316 g/mol. The molecule has 0 spiro atoms. The van der Waals surface area contributed by atoms with Gasteiger partial charge in [-0.2, -0.15) is 0 Å². The zero-order valence-electron chi connectivity index (χ0n) is 12.5. The van der Waals surface area contributed by atoms with Gasteiger partial charge >= 0.3 is 0 Å². The van der Waals surface area contributed by atoms with Gasteiger partial charge in [0.2, 0.25) is 0 Å². The van der Waals surface area contributed by atoms with E-state index in [-0.39, 0.29) is 11.3 Å². The van der Waals surface area contributed by atoms with Crippen molar-refractivity contribution in [1.29, 1.82) is 0 Å². The standard InChI is InChI=1S/C16H12N2O6/c1-10-2-5-12(9-13(10)17(21)22)15(19)6-3-11-4-7-16(20)14(8-11)18(23)24/h2-9,20H,1H3/p-1/b6-3+. The predicted octanol–water partition coefficient (Wildman–Crippen LogP) is 2.78. The number of carbonyl (C=O) groups excluding carboxylic acids is 1. The predicted molar refractivity (Wildman–Crippen MR) is 83.7 cm³/mol. The summed E-state index contributed by atoms with van der Waals surface area (Å²) in [6, 6.07) is 7.54. The molecule has 0 radical (unpaired) electrons. The summed E-state index contributed by atoms with van der Waals surface area (Å²) < 4.78 is 0. The zero-order chi connectivity index (χ0) is 17.9. The largest absolute Gasteiger partial charge is 0.868 e. The van der Waals surface area contributed by atoms with Crippen molar-refractivity contribution in [3.8, 4) is 5.75 Å². The molecule has 2 aromatic rings. The Bertz CT molecular complexity index is 873. The zero-order valence-corrected chi connectivity index (χ0v) is 12.5. The molecule has 24 heavy (non-hydrogen) atoms. The van der Waals surface area contributed by atoms with Crippen LogP contribution in [0.5, 0.6) is 5.75 Å². The average molecular weight is 327 g/mol. The van der Waals surface area contributed by atoms with E-state index in [2.05, 4.69) is 0 Å². The third-order valence-electron chi connectivity index (χ3n) is 3.30. The second-order valence-electron chi connectivity index (χ2n) is 4.94. The first-order valence-corrected chi connectivity index (χ1v) is 6.72. The molecule has 0 saturated carbocycles. The lowest BCUT2D eigenvalue weighted by molar-refractivity contribution is -0.398. The normalized spacial score (nSPS) is 10.7. The maximum atomic E-state index is 12.1. The van der Waals surface area contributed by atoms with Crippen LogP contribution in [0.15, 0.2) is 42.5 Å². The molecule has 8 nitrogen and oxygen atoms in total. The number of nitrogens with zero attached hydrogens (tertiary/aromatic N) is 2. The molecule has 0 unspecified atom stereocenters. The Labute approximate surface area is 136 Å². The molecule has 0 amide bonds. The first-order chi connectivity index (χ1) is 11.3. The molecule has 2 rings (SSSR count). The minimum Gasteiger partial charge on any atom is -0.868 e. The van der Waals surface area contributed by atoms with E-state index in [4.69, 9.17) is 0 Å². The second-order valence-corrected chi connectivity index (χ2v) is 4.94. The van der Waals surface area contributed by atoms with E-state index < -0.39 is 27.1 Å². The molecule has 0 aromatic heterocycles. The number of nitro benzene ring substituents is 2. The number of carbonyl (C=O) groups is 1. The van der Waals surface area contributed by atoms with Crippen molar-refractivity contribution in [1.82, 2.24) is 0 Å². The summed E-state index contributed by atoms with van der Waals surface area (Å²) in [5.41, 5.74) is 0.105. The van der Waals surface area contributed by atoms with Gasteiger partial charge in [-0.15, -0.1) is 0 Å². The van der Waals surface area contributed by atoms with Gasteiger partial charge in [0, 0.05) is 23.3 Å². The fourth-order valence-corrected chi connectivity index (χ4v) is 2.01. The van der Waals surface area contributed by atoms with E-state index in [1.807, 2.05) is 0 Å². The number of aryl methyl sites for hydroxylation is 1. The Morgan fingerprint density at radius 2 is 1.67 bits per heavy atom. The third kappa shape index (κ3) is 3.61. The van der Waals surface area contributed by atoms with Gasteiger partial charge in [0.05, 0.1) is 9.85 Å². The first-order valence-electron chi connectivity index (χ1n) is 6.72. The van der Waals surface area contributed by atoms with Crippen molar-refractivity contribution in [2.75, 3.05) is 0 Å². The van der Waals surface area contributed by atoms with Crippen molar-refractivity contribution in [2.24, 2.45) is 0 Å². The lowest BCUT2D eigenvalue weighted by Gasteiger charge is -2.06. The summed E-state index contributed by atoms with van der Waals surface area (Å²) >= 11 is 0. The van der Waals surface area contributed by atoms with Crippen LogP contribution in [0.4, 0.5) is 11.4 Å². The summed E-state index contributed by atoms with van der Waals surface area (Å²) in [6.45, 7) is 1.56. The highest BCUT2D eigenvalue weighted by atomic mass is 16.6. The highest BCUT2D eigenvalue weighted by molar-refractivity contribution is 6.07. The van der Waals surface area contributed by atoms with Gasteiger partial charge in [0.25, 0.3) is 11.4 Å². The van der Waals surface area contributed by atoms with Crippen molar-refractivity contribution in [3.63, 3.8) is 0 Å². The van der Waals surface area contributed by atoms with E-state index >= 15 is 0 Å². The Morgan fingerprint density at radius 1 is 1.00 bits per heavy atom. The molecule has 0 aliphatic carbocycles. The fraction of sp³-hybridized carbons (Fsp3) is 0.0625. The highest BCUT2D eigenvalue weighted by Gasteiger charge is 2.13. The van der Waals surface area contributed by atoms with Crippen LogP contribution in [0.1, 0.15) is 21.5 Å². The molecule has 122 valence electrons. The Balaban J connectivity index is 2.28. The lowest BCUT2D eigenvalue weighted by Crippen LogP contribution is -1.99. The molecule has 8 heteroatoms. The summed E-state index contributed by atoms with van der Waals surface area (Å²) in [7, 11) is 0. The van der Waals surface area contributed by atoms with E-state index in [1.165, 1.54) is 30.3 Å². The van der Waals surface area contributed by atoms with Crippen molar-refractivity contribution >= 4 is 23.2 Å². The first kappa shape index (κ1) is 16.8. The Morgan fingerprint density at radius 3 is 2.29 bits per heavy atom. The number of hydrogen-bond donors (Lipinski definition) is 0. The maximum absolute atomic E-state index is 12.1. The van der Waals surface area contributed by atoms with Crippen LogP contribution in [0.3, 0.4) is 0 Å². The van der Waals surface area contributed by atoms with Crippen LogP contribution in [0.2, 0.25) is 0 Å². The van der Waals surface area contributed by atoms with E-state index in [0.717, 1.165) is 18.2 Å². The van der Waals surface area contributed by atoms with Crippen molar-refractivity contribution < 1.29 is 19.7 Å². The van der Waals surface area contributed by atoms with Crippen LogP contribution >= 0.6 is 0 Å². The van der Waals surface area contributed by atoms with Crippen LogP contribution in [0, 0.1) is 27.2 Å². The molecular formula is C16H11N2O6-. The van der Waals surface area contributed by atoms with Gasteiger partial charge in [-0.1, -0.05) is 30.3 Å². The molecule has 2 aromatic carbocycles. The third-order valence-corrected chi connectivity index (χ3v) is 3.30. The molecule has 0 aliphatic rings. The second kappa shape index (κ2) is 6.69. The van der Waals surface area contributed by atoms with Gasteiger partial charge in [-0.3, -0.25) is 25.0 Å². The molecule has 0 bridgehead atoms. The number of allylic oxidation sites excluding steroid dienone is 1. The van der Waals surface area contributed by atoms with Crippen molar-refractivity contribution in [3.05, 3.63) is 79.4 Å².